The molecule has 1 aliphatic rings. The monoisotopic (exact) mass is 191 g/mol. The van der Waals surface area contributed by atoms with Crippen LogP contribution in [0.15, 0.2) is 0 Å². The maximum atomic E-state index is 11.5. The van der Waals surface area contributed by atoms with Gasteiger partial charge in [0.1, 0.15) is 0 Å². The highest BCUT2D eigenvalue weighted by atomic mass is 32.2. The number of hydrogen-bond acceptors (Lipinski definition) is 3. The van der Waals surface area contributed by atoms with Crippen molar-refractivity contribution < 1.29 is 8.42 Å². The molecular formula is C8H17NO2S. The van der Waals surface area contributed by atoms with Gasteiger partial charge < -0.3 is 5.32 Å². The minimum Gasteiger partial charge on any atom is -0.304 e. The zero-order valence-corrected chi connectivity index (χ0v) is 8.36. The number of nitrogens with one attached hydrogen (secondary N) is 1. The molecule has 12 heavy (non-hydrogen) atoms. The summed E-state index contributed by atoms with van der Waals surface area (Å²) >= 11 is 0. The second kappa shape index (κ2) is 4.23. The Morgan fingerprint density at radius 3 is 2.42 bits per heavy atom. The van der Waals surface area contributed by atoms with Crippen LogP contribution in [0.5, 0.6) is 0 Å². The standard InChI is InChI=1S/C8H17NO2S/c1-2-9-7-12(10,11)8-5-3-4-6-8/h8-9H,2-7H2,1H3. The van der Waals surface area contributed by atoms with Crippen molar-refractivity contribution in [3.05, 3.63) is 0 Å². The first kappa shape index (κ1) is 9.99. The third-order valence-corrected chi connectivity index (χ3v) is 4.46. The first-order valence-corrected chi connectivity index (χ1v) is 6.30. The number of rotatable bonds is 4. The SMILES string of the molecule is CCNCS(=O)(=O)C1CCCC1. The lowest BCUT2D eigenvalue weighted by Crippen LogP contribution is -2.29. The molecule has 0 bridgehead atoms. The lowest BCUT2D eigenvalue weighted by Gasteiger charge is -2.10. The predicted molar refractivity (Wildman–Crippen MR) is 49.7 cm³/mol. The highest BCUT2D eigenvalue weighted by Gasteiger charge is 2.27. The van der Waals surface area contributed by atoms with E-state index in [2.05, 4.69) is 5.32 Å². The average molecular weight is 191 g/mol. The smallest absolute Gasteiger partial charge is 0.166 e. The molecular weight excluding hydrogens is 174 g/mol. The van der Waals surface area contributed by atoms with Gasteiger partial charge in [0.2, 0.25) is 0 Å². The molecule has 0 radical (unpaired) electrons. The molecule has 0 aromatic rings. The van der Waals surface area contributed by atoms with Gasteiger partial charge in [-0.15, -0.1) is 0 Å². The Kier molecular flexibility index (Phi) is 3.53. The lowest BCUT2D eigenvalue weighted by atomic mass is 10.4. The summed E-state index contributed by atoms with van der Waals surface area (Å²) in [6.45, 7) is 2.65. The van der Waals surface area contributed by atoms with Crippen LogP contribution in [0.2, 0.25) is 0 Å². The minimum absolute atomic E-state index is 0.0588. The van der Waals surface area contributed by atoms with Crippen LogP contribution in [0.4, 0.5) is 0 Å². The molecule has 1 saturated carbocycles. The zero-order chi connectivity index (χ0) is 9.03. The van der Waals surface area contributed by atoms with E-state index in [0.29, 0.717) is 0 Å². The van der Waals surface area contributed by atoms with Gasteiger partial charge in [0.25, 0.3) is 0 Å². The molecule has 0 saturated heterocycles. The van der Waals surface area contributed by atoms with Crippen molar-refractivity contribution in [1.82, 2.24) is 5.32 Å². The Labute approximate surface area is 74.5 Å². The van der Waals surface area contributed by atoms with Gasteiger partial charge in [0, 0.05) is 0 Å². The van der Waals surface area contributed by atoms with Gasteiger partial charge in [-0.3, -0.25) is 0 Å². The number of sulfone groups is 1. The zero-order valence-electron chi connectivity index (χ0n) is 7.54. The molecule has 0 aliphatic heterocycles. The molecule has 1 fully saturated rings. The summed E-state index contributed by atoms with van der Waals surface area (Å²) in [5.41, 5.74) is 0. The highest BCUT2D eigenvalue weighted by Crippen LogP contribution is 2.24. The van der Waals surface area contributed by atoms with E-state index in [-0.39, 0.29) is 11.1 Å². The van der Waals surface area contributed by atoms with Gasteiger partial charge in [-0.2, -0.15) is 0 Å². The fourth-order valence-electron chi connectivity index (χ4n) is 1.61. The van der Waals surface area contributed by atoms with E-state index in [1.807, 2.05) is 6.92 Å². The van der Waals surface area contributed by atoms with Crippen molar-refractivity contribution in [2.24, 2.45) is 0 Å². The fraction of sp³-hybridized carbons (Fsp3) is 1.00. The third-order valence-electron chi connectivity index (χ3n) is 2.36. The summed E-state index contributed by atoms with van der Waals surface area (Å²) in [6, 6.07) is 0. The van der Waals surface area contributed by atoms with Crippen LogP contribution in [0.1, 0.15) is 32.6 Å². The fourth-order valence-corrected chi connectivity index (χ4v) is 3.39. The summed E-state index contributed by atoms with van der Waals surface area (Å²) in [4.78, 5) is 0. The maximum absolute atomic E-state index is 11.5. The van der Waals surface area contributed by atoms with Crippen molar-refractivity contribution in [2.45, 2.75) is 37.9 Å². The van der Waals surface area contributed by atoms with Gasteiger partial charge in [-0.05, 0) is 19.4 Å². The summed E-state index contributed by atoms with van der Waals surface area (Å²) in [7, 11) is -2.83. The Morgan fingerprint density at radius 2 is 1.92 bits per heavy atom. The Balaban J connectivity index is 2.46. The van der Waals surface area contributed by atoms with Gasteiger partial charge in [0.05, 0.1) is 11.1 Å². The van der Waals surface area contributed by atoms with Crippen molar-refractivity contribution in [1.29, 1.82) is 0 Å². The van der Waals surface area contributed by atoms with Crippen molar-refractivity contribution in [2.75, 3.05) is 12.4 Å². The topological polar surface area (TPSA) is 46.2 Å². The Hall–Kier alpha value is -0.0900. The lowest BCUT2D eigenvalue weighted by molar-refractivity contribution is 0.572. The van der Waals surface area contributed by atoms with Crippen LogP contribution in [0.3, 0.4) is 0 Å². The van der Waals surface area contributed by atoms with E-state index in [1.54, 1.807) is 0 Å². The minimum atomic E-state index is -2.83. The second-order valence-corrected chi connectivity index (χ2v) is 5.60. The van der Waals surface area contributed by atoms with E-state index in [4.69, 9.17) is 0 Å². The molecule has 0 aromatic carbocycles. The maximum Gasteiger partial charge on any atom is 0.166 e. The van der Waals surface area contributed by atoms with Gasteiger partial charge in [-0.1, -0.05) is 19.8 Å². The van der Waals surface area contributed by atoms with E-state index < -0.39 is 9.84 Å². The van der Waals surface area contributed by atoms with Gasteiger partial charge >= 0.3 is 0 Å². The van der Waals surface area contributed by atoms with E-state index in [1.165, 1.54) is 0 Å². The first-order valence-electron chi connectivity index (χ1n) is 4.59. The molecule has 3 nitrogen and oxygen atoms in total. The van der Waals surface area contributed by atoms with Crippen LogP contribution in [-0.2, 0) is 9.84 Å². The molecule has 0 spiro atoms. The third kappa shape index (κ3) is 2.45. The van der Waals surface area contributed by atoms with Crippen LogP contribution >= 0.6 is 0 Å². The van der Waals surface area contributed by atoms with Crippen LogP contribution < -0.4 is 5.32 Å². The molecule has 1 aliphatic carbocycles. The first-order chi connectivity index (χ1) is 5.67. The average Bonchev–Trinajstić information content (AvgIpc) is 2.53. The summed E-state index contributed by atoms with van der Waals surface area (Å²) in [6.07, 6.45) is 3.90. The molecule has 0 aromatic heterocycles. The largest absolute Gasteiger partial charge is 0.304 e. The van der Waals surface area contributed by atoms with E-state index in [9.17, 15) is 8.42 Å². The van der Waals surface area contributed by atoms with Crippen molar-refractivity contribution >= 4 is 9.84 Å². The van der Waals surface area contributed by atoms with Gasteiger partial charge in [-0.25, -0.2) is 8.42 Å². The molecule has 1 N–H and O–H groups in total. The van der Waals surface area contributed by atoms with Crippen LogP contribution in [0, 0.1) is 0 Å². The molecule has 0 heterocycles. The molecule has 0 unspecified atom stereocenters. The molecule has 0 atom stereocenters. The second-order valence-electron chi connectivity index (χ2n) is 3.32. The van der Waals surface area contributed by atoms with Crippen LogP contribution in [-0.4, -0.2) is 26.1 Å². The number of hydrogen-bond donors (Lipinski definition) is 1. The van der Waals surface area contributed by atoms with Crippen molar-refractivity contribution in [3.63, 3.8) is 0 Å². The molecule has 72 valence electrons. The Morgan fingerprint density at radius 1 is 1.33 bits per heavy atom. The molecule has 1 rings (SSSR count). The summed E-state index contributed by atoms with van der Waals surface area (Å²) in [5, 5.41) is 2.82. The summed E-state index contributed by atoms with van der Waals surface area (Å²) < 4.78 is 23.1. The normalized spacial score (nSPS) is 20.1. The van der Waals surface area contributed by atoms with Gasteiger partial charge in [0.15, 0.2) is 9.84 Å². The highest BCUT2D eigenvalue weighted by molar-refractivity contribution is 7.91. The quantitative estimate of drug-likeness (QED) is 0.718. The molecule has 0 amide bonds. The van der Waals surface area contributed by atoms with E-state index in [0.717, 1.165) is 32.2 Å². The van der Waals surface area contributed by atoms with Crippen molar-refractivity contribution in [3.8, 4) is 0 Å². The summed E-state index contributed by atoms with van der Waals surface area (Å²) in [5.74, 6) is 0.161. The predicted octanol–water partition coefficient (Wildman–Crippen LogP) is 0.911. The van der Waals surface area contributed by atoms with E-state index >= 15 is 0 Å². The molecule has 4 heteroatoms. The Bertz CT molecular complexity index is 217. The van der Waals surface area contributed by atoms with Crippen LogP contribution in [0.25, 0.3) is 0 Å².